The fraction of sp³-hybridized carbons (Fsp3) is 0.518. The van der Waals surface area contributed by atoms with Crippen molar-refractivity contribution in [2.24, 2.45) is 39.4 Å². The van der Waals surface area contributed by atoms with Crippen LogP contribution >= 0.6 is 78.2 Å². The molecule has 4 atom stereocenters. The van der Waals surface area contributed by atoms with E-state index >= 15 is 0 Å². The van der Waals surface area contributed by atoms with E-state index in [2.05, 4.69) is 114 Å². The number of hydrogen-bond donors (Lipinski definition) is 2. The van der Waals surface area contributed by atoms with Crippen molar-refractivity contribution in [3.8, 4) is 16.4 Å². The summed E-state index contributed by atoms with van der Waals surface area (Å²) in [5.74, 6) is -14.8. The van der Waals surface area contributed by atoms with E-state index in [1.54, 1.807) is 48.6 Å². The first-order chi connectivity index (χ1) is 53.7. The summed E-state index contributed by atoms with van der Waals surface area (Å²) in [6.45, 7) is 29.7. The standard InChI is InChI=1S/C20H29F3O7S.C18H13S.C13H3F4I3O5S.C12H23NO2.C12H22O2.C10H14O/c1-4-17(2,3)15(24)30-19-8-12-5-13(9-19)7-18(6-12,11-19)16(25)29-14(20(21,22)23)10-31(26,27)28;1-2-8-14(9-3-1)19-17-12-6-4-10-15(17)16-11-5-7-13-18(16)19;14-6-8(16)12(26(22,23)24)9(17)7(15)11(6)25-13(21)4-1-3(18)2-5(19)10(4)20;1-6-11(2,3)10(14)15-12(4,5)9-7-13-8-9;1-5-11(2,3)10(13)14-12(4)8-6-7-9-12;1-3-8(2)9-5-4-6-10(11)7-9/h12-14H,4-11H2,1-3H3,(H,26,27,28);1-13H;1-2H,(H,22,23,24);9,13H,6-8H2,1-5H3;5-9H2,1-4H3;4-8,11H,3H2,1-2H3/q;+1;;;;/p-1. The van der Waals surface area contributed by atoms with Crippen LogP contribution in [0.1, 0.15) is 209 Å². The van der Waals surface area contributed by atoms with Crippen LogP contribution in [0.2, 0.25) is 0 Å². The Hall–Kier alpha value is -5.83. The fourth-order valence-electron chi connectivity index (χ4n) is 14.4. The molecular weight excluding hydrogens is 1920 g/mol. The molecule has 5 aliphatic carbocycles. The number of aromatic hydroxyl groups is 1. The number of phenolic OH excluding ortho intramolecular Hbond substituents is 1. The van der Waals surface area contributed by atoms with Crippen molar-refractivity contribution >= 4 is 148 Å². The van der Waals surface area contributed by atoms with Gasteiger partial charge in [-0.25, -0.2) is 30.4 Å². The largest absolute Gasteiger partial charge is 0.748 e. The topological polar surface area (TPSA) is 283 Å². The molecule has 1 aromatic heterocycles. The highest BCUT2D eigenvalue weighted by Crippen LogP contribution is 2.64. The minimum atomic E-state index is -5.85. The van der Waals surface area contributed by atoms with E-state index in [0.29, 0.717) is 60.4 Å². The molecule has 5 saturated carbocycles. The zero-order valence-corrected chi connectivity index (χ0v) is 76.4. The molecule has 6 aliphatic rings. The lowest BCUT2D eigenvalue weighted by Gasteiger charge is -2.60. The molecule has 2 heterocycles. The van der Waals surface area contributed by atoms with Crippen molar-refractivity contribution in [3.63, 3.8) is 0 Å². The third-order valence-electron chi connectivity index (χ3n) is 22.6. The number of alkyl halides is 3. The molecule has 0 spiro atoms. The van der Waals surface area contributed by atoms with Gasteiger partial charge in [0, 0.05) is 38.4 Å². The van der Waals surface area contributed by atoms with Crippen LogP contribution in [-0.4, -0.2) is 109 Å². The SMILES string of the molecule is CCC(C)(C)C(=O)OC(C)(C)C1C[NH2+]C1.CCC(C)(C)C(=O)OC1(C)CCCC1.CCC(C)(C)C(=O)OC12CC3CC(C1)CC(C(=O)OC(CS(=O)(=O)[O-])C(F)(F)F)(C3)C2.CCC(C)c1cccc(O)c1.O=C(Oc1c(F)c(F)c(S(=O)(=O)[O-])c(F)c1F)c1cc(I)cc(I)c1I.c1ccc(-[s+]2c3ccccc3c3ccccc32)cc1. The molecule has 31 heteroatoms. The van der Waals surface area contributed by atoms with Crippen molar-refractivity contribution < 1.29 is 115 Å². The monoisotopic (exact) mass is 2020 g/mol. The van der Waals surface area contributed by atoms with Gasteiger partial charge in [-0.3, -0.25) is 19.2 Å². The van der Waals surface area contributed by atoms with Gasteiger partial charge in [0.05, 0.1) is 62.1 Å². The number of hydrogen-bond acceptors (Lipinski definition) is 17. The molecule has 4 unspecified atom stereocenters. The van der Waals surface area contributed by atoms with Crippen molar-refractivity contribution in [2.75, 3.05) is 18.8 Å². The van der Waals surface area contributed by atoms with Crippen LogP contribution in [-0.2, 0) is 58.4 Å². The number of ether oxygens (including phenoxy) is 5. The average molecular weight is 2020 g/mol. The quantitative estimate of drug-likeness (QED) is 0.0105. The number of rotatable bonds is 20. The third kappa shape index (κ3) is 24.7. The summed E-state index contributed by atoms with van der Waals surface area (Å²) in [6, 6.07) is 38.9. The molecule has 1 saturated heterocycles. The van der Waals surface area contributed by atoms with Crippen LogP contribution in [0.3, 0.4) is 0 Å². The van der Waals surface area contributed by atoms with E-state index < -0.39 is 107 Å². The van der Waals surface area contributed by atoms with Crippen molar-refractivity contribution in [2.45, 2.75) is 227 Å². The maximum atomic E-state index is 13.9. The highest BCUT2D eigenvalue weighted by molar-refractivity contribution is 14.1. The van der Waals surface area contributed by atoms with Crippen molar-refractivity contribution in [1.82, 2.24) is 0 Å². The van der Waals surface area contributed by atoms with Gasteiger partial charge in [-0.05, 0) is 298 Å². The lowest BCUT2D eigenvalue weighted by Crippen LogP contribution is -2.98. The van der Waals surface area contributed by atoms with Gasteiger partial charge in [-0.1, -0.05) is 89.2 Å². The molecule has 1 aliphatic heterocycles. The summed E-state index contributed by atoms with van der Waals surface area (Å²) in [4.78, 5) is 60.7. The number of phenols is 1. The average Bonchev–Trinajstić information content (AvgIpc) is 0.908. The number of thiophene rings is 1. The maximum Gasteiger partial charge on any atom is 0.426 e. The summed E-state index contributed by atoms with van der Waals surface area (Å²) in [6.07, 6.45) is 2.06. The van der Waals surface area contributed by atoms with Gasteiger partial charge < -0.3 is 43.2 Å². The number of esters is 5. The Labute approximate surface area is 718 Å². The molecule has 13 rings (SSSR count). The summed E-state index contributed by atoms with van der Waals surface area (Å²) in [5.41, 5.74) is -3.05. The normalized spacial score (nSPS) is 19.6. The summed E-state index contributed by atoms with van der Waals surface area (Å²) >= 11 is 5.51. The van der Waals surface area contributed by atoms with Gasteiger partial charge in [-0.2, -0.15) is 22.0 Å². The van der Waals surface area contributed by atoms with E-state index in [4.69, 9.17) is 19.3 Å². The van der Waals surface area contributed by atoms with Gasteiger partial charge in [-0.15, -0.1) is 0 Å². The minimum absolute atomic E-state index is 0.00100. The molecular formula is C85H103F7I3NO17S3. The van der Waals surface area contributed by atoms with Crippen LogP contribution in [0.25, 0.3) is 25.1 Å². The van der Waals surface area contributed by atoms with Crippen molar-refractivity contribution in [3.05, 3.63) is 160 Å². The number of carbonyl (C=O) groups excluding carboxylic acids is 5. The number of fused-ring (bicyclic) bond motifs is 3. The zero-order valence-electron chi connectivity index (χ0n) is 67.4. The van der Waals surface area contributed by atoms with Gasteiger partial charge in [0.25, 0.3) is 0 Å². The number of quaternary nitrogens is 1. The predicted octanol–water partition coefficient (Wildman–Crippen LogP) is 20.4. The molecule has 6 fully saturated rings. The van der Waals surface area contributed by atoms with E-state index in [1.807, 2.05) is 126 Å². The van der Waals surface area contributed by atoms with E-state index in [1.165, 1.54) is 49.5 Å². The molecule has 4 bridgehead atoms. The Morgan fingerprint density at radius 2 is 1.14 bits per heavy atom. The molecule has 3 N–H and O–H groups in total. The smallest absolute Gasteiger partial charge is 0.426 e. The highest BCUT2D eigenvalue weighted by atomic mass is 127. The first kappa shape index (κ1) is 97.3. The first-order valence-electron chi connectivity index (χ1n) is 38.4. The van der Waals surface area contributed by atoms with Crippen LogP contribution in [0, 0.1) is 73.4 Å². The predicted molar refractivity (Wildman–Crippen MR) is 453 cm³/mol. The number of benzene rings is 6. The third-order valence-corrected chi connectivity index (χ3v) is 30.2. The summed E-state index contributed by atoms with van der Waals surface area (Å²) in [5, 5.41) is 14.2. The summed E-state index contributed by atoms with van der Waals surface area (Å²) < 4.78 is 191. The second kappa shape index (κ2) is 39.4. The fourth-order valence-corrected chi connectivity index (χ4v) is 20.4. The van der Waals surface area contributed by atoms with Crippen LogP contribution in [0.5, 0.6) is 11.5 Å². The lowest BCUT2D eigenvalue weighted by molar-refractivity contribution is -0.728. The Bertz CT molecular complexity index is 4820. The summed E-state index contributed by atoms with van der Waals surface area (Å²) in [7, 11) is -11.1. The Balaban J connectivity index is 0.000000199. The van der Waals surface area contributed by atoms with Crippen LogP contribution < -0.4 is 10.1 Å². The molecule has 0 amide bonds. The number of carbonyl (C=O) groups is 5. The van der Waals surface area contributed by atoms with Gasteiger partial charge >= 0.3 is 36.0 Å². The molecule has 18 nitrogen and oxygen atoms in total. The van der Waals surface area contributed by atoms with Gasteiger partial charge in [0.1, 0.15) is 37.6 Å². The van der Waals surface area contributed by atoms with Crippen LogP contribution in [0.4, 0.5) is 30.7 Å². The second-order valence-corrected chi connectivity index (χ2v) is 41.4. The van der Waals surface area contributed by atoms with E-state index in [0.717, 1.165) is 51.6 Å². The molecule has 7 aromatic rings. The van der Waals surface area contributed by atoms with E-state index in [-0.39, 0.29) is 68.3 Å². The maximum absolute atomic E-state index is 13.9. The molecule has 0 radical (unpaired) electrons. The molecule has 6 aromatic carbocycles. The molecule has 638 valence electrons. The highest BCUT2D eigenvalue weighted by Gasteiger charge is 2.64. The molecule has 116 heavy (non-hydrogen) atoms. The minimum Gasteiger partial charge on any atom is -0.748 e. The van der Waals surface area contributed by atoms with Crippen molar-refractivity contribution in [1.29, 1.82) is 0 Å². The first-order valence-corrected chi connectivity index (χ1v) is 45.9. The second-order valence-electron chi connectivity index (χ2n) is 33.2. The van der Waals surface area contributed by atoms with Gasteiger partial charge in [0.2, 0.25) is 23.5 Å². The number of halogens is 10. The Kier molecular flexibility index (Phi) is 33.0. The lowest BCUT2D eigenvalue weighted by atomic mass is 9.48. The zero-order chi connectivity index (χ0) is 86.9. The Morgan fingerprint density at radius 1 is 0.647 bits per heavy atom. The van der Waals surface area contributed by atoms with Gasteiger partial charge in [0.15, 0.2) is 25.9 Å². The number of nitrogens with two attached hydrogens (primary N) is 1. The Morgan fingerprint density at radius 3 is 1.59 bits per heavy atom. The van der Waals surface area contributed by atoms with Crippen LogP contribution in [0.15, 0.2) is 120 Å². The van der Waals surface area contributed by atoms with E-state index in [9.17, 15) is 80.6 Å².